The van der Waals surface area contributed by atoms with E-state index in [1.807, 2.05) is 5.57 Å². The SMILES string of the molecule is CC12C(=C3Cc4ccccc4C3=C3C=CCCC31)[C](C)([Zr+2]([C]1=CC=CC1)=[C](c1ccc(I)cc1)c1ccc(I)cc1)C(C)(C)C(C)(C)C2(C)C.[Cl-].[Cl-]. The molecule has 52 heavy (non-hydrogen) atoms. The number of hydrogen-bond acceptors (Lipinski definition) is 0. The van der Waals surface area contributed by atoms with Gasteiger partial charge in [-0.25, -0.2) is 0 Å². The molecule has 1 fully saturated rings. The van der Waals surface area contributed by atoms with E-state index in [-0.39, 0.29) is 49.6 Å². The third-order valence-corrected chi connectivity index (χ3v) is 26.5. The van der Waals surface area contributed by atoms with Gasteiger partial charge in [-0.2, -0.15) is 0 Å². The summed E-state index contributed by atoms with van der Waals surface area (Å²) in [5.74, 6) is 0.498. The smallest absolute Gasteiger partial charge is 1.00 e. The third kappa shape index (κ3) is 5.48. The molecule has 0 saturated heterocycles. The topological polar surface area (TPSA) is 0 Å². The first-order chi connectivity index (χ1) is 23.7. The number of rotatable bonds is 4. The zero-order valence-electron chi connectivity index (χ0n) is 31.7. The summed E-state index contributed by atoms with van der Waals surface area (Å²) in [6, 6.07) is 28.6. The number of benzene rings is 3. The molecule has 5 aliphatic carbocycles. The third-order valence-electron chi connectivity index (χ3n) is 15.3. The maximum atomic E-state index is 2.82. The van der Waals surface area contributed by atoms with Crippen LogP contribution in [0.2, 0.25) is 3.12 Å². The molecule has 3 unspecified atom stereocenters. The van der Waals surface area contributed by atoms with Crippen molar-refractivity contribution in [2.45, 2.75) is 84.2 Å². The standard InChI is InChI=1S/C29H37.C13H8I2.C5H5.2ClH.Zr/c1-18-25-22-17-19-13-9-10-14-20(19)24(22)21-15-11-12-16-23(21)29(25,8)28(6,7)27(4,5)26(18,2)3;14-12-5-1-10(2-6-12)9-11-3-7-13(15)8-4-11;1-2-4-5-3-1;;;/h9-11,13-15,23H,12,16-17H2,1-8H3;1-8H;1-3H,4H2;2*1H;/q;;;;;+2/p-2. The normalized spacial score (nSPS) is 26.9. The zero-order chi connectivity index (χ0) is 35.4. The van der Waals surface area contributed by atoms with Crippen LogP contribution in [0, 0.1) is 34.7 Å². The summed E-state index contributed by atoms with van der Waals surface area (Å²) in [4.78, 5) is 0. The van der Waals surface area contributed by atoms with Crippen molar-refractivity contribution in [3.63, 3.8) is 0 Å². The molecular formula is C47H50Cl2I2Zr. The molecule has 0 nitrogen and oxygen atoms in total. The minimum atomic E-state index is -3.01. The molecule has 0 radical (unpaired) electrons. The summed E-state index contributed by atoms with van der Waals surface area (Å²) in [6.07, 6.45) is 17.0. The minimum absolute atomic E-state index is 0. The van der Waals surface area contributed by atoms with Gasteiger partial charge in [0.05, 0.1) is 0 Å². The van der Waals surface area contributed by atoms with Gasteiger partial charge in [0.2, 0.25) is 0 Å². The molecule has 3 aromatic rings. The second-order valence-electron chi connectivity index (χ2n) is 17.3. The average Bonchev–Trinajstić information content (AvgIpc) is 3.76. The van der Waals surface area contributed by atoms with Crippen LogP contribution < -0.4 is 24.8 Å². The van der Waals surface area contributed by atoms with E-state index in [4.69, 9.17) is 0 Å². The van der Waals surface area contributed by atoms with Crippen molar-refractivity contribution < 1.29 is 46.1 Å². The fourth-order valence-corrected chi connectivity index (χ4v) is 23.3. The van der Waals surface area contributed by atoms with Crippen molar-refractivity contribution in [1.82, 2.24) is 0 Å². The average molecular weight is 1030 g/mol. The molecule has 0 heterocycles. The van der Waals surface area contributed by atoms with Crippen molar-refractivity contribution in [3.8, 4) is 0 Å². The molecule has 0 aliphatic heterocycles. The summed E-state index contributed by atoms with van der Waals surface area (Å²) >= 11 is 1.96. The van der Waals surface area contributed by atoms with E-state index < -0.39 is 21.3 Å². The first-order valence-electron chi connectivity index (χ1n) is 18.5. The fourth-order valence-electron chi connectivity index (χ4n) is 11.4. The van der Waals surface area contributed by atoms with Crippen molar-refractivity contribution in [2.24, 2.45) is 27.6 Å². The molecule has 8 rings (SSSR count). The van der Waals surface area contributed by atoms with Crippen molar-refractivity contribution >= 4 is 54.0 Å². The summed E-state index contributed by atoms with van der Waals surface area (Å²) in [6.45, 7) is 21.6. The summed E-state index contributed by atoms with van der Waals surface area (Å²) in [5, 5.41) is 0. The van der Waals surface area contributed by atoms with Crippen LogP contribution in [0.15, 0.2) is 123 Å². The van der Waals surface area contributed by atoms with E-state index in [0.717, 1.165) is 12.8 Å². The quantitative estimate of drug-likeness (QED) is 0.238. The van der Waals surface area contributed by atoms with Gasteiger partial charge in [0.25, 0.3) is 0 Å². The van der Waals surface area contributed by atoms with Gasteiger partial charge in [-0.3, -0.25) is 0 Å². The Labute approximate surface area is 360 Å². The van der Waals surface area contributed by atoms with Crippen LogP contribution in [-0.2, 0) is 27.7 Å². The Morgan fingerprint density at radius 1 is 0.712 bits per heavy atom. The van der Waals surface area contributed by atoms with E-state index in [1.165, 1.54) is 42.2 Å². The molecule has 270 valence electrons. The Morgan fingerprint density at radius 3 is 1.88 bits per heavy atom. The van der Waals surface area contributed by atoms with Gasteiger partial charge in [-0.15, -0.1) is 0 Å². The van der Waals surface area contributed by atoms with Crippen LogP contribution in [0.4, 0.5) is 0 Å². The van der Waals surface area contributed by atoms with E-state index >= 15 is 0 Å². The molecule has 0 bridgehead atoms. The predicted octanol–water partition coefficient (Wildman–Crippen LogP) is 7.50. The molecule has 3 aromatic carbocycles. The first-order valence-corrected chi connectivity index (χ1v) is 24.4. The second kappa shape index (κ2) is 14.3. The monoisotopic (exact) mass is 1030 g/mol. The predicted molar refractivity (Wildman–Crippen MR) is 227 cm³/mol. The molecule has 0 amide bonds. The Bertz CT molecular complexity index is 2080. The molecule has 1 saturated carbocycles. The van der Waals surface area contributed by atoms with Gasteiger partial charge >= 0.3 is 340 Å². The summed E-state index contributed by atoms with van der Waals surface area (Å²) < 4.78 is 6.00. The first kappa shape index (κ1) is 40.8. The van der Waals surface area contributed by atoms with Gasteiger partial charge in [-0.05, 0) is 0 Å². The molecule has 0 N–H and O–H groups in total. The summed E-state index contributed by atoms with van der Waals surface area (Å²) in [7, 11) is 0. The van der Waals surface area contributed by atoms with Gasteiger partial charge in [-0.1, -0.05) is 0 Å². The number of halogens is 4. The van der Waals surface area contributed by atoms with Gasteiger partial charge < -0.3 is 24.8 Å². The van der Waals surface area contributed by atoms with Gasteiger partial charge in [0.15, 0.2) is 0 Å². The maximum absolute atomic E-state index is 3.01. The van der Waals surface area contributed by atoms with Crippen LogP contribution in [0.1, 0.15) is 96.9 Å². The second-order valence-corrected chi connectivity index (χ2v) is 26.9. The largest absolute Gasteiger partial charge is 1.00 e. The van der Waals surface area contributed by atoms with Crippen LogP contribution in [0.3, 0.4) is 0 Å². The molecule has 0 aromatic heterocycles. The Hall–Kier alpha value is -0.847. The fraction of sp³-hybridized carbons (Fsp3) is 0.383. The molecule has 0 spiro atoms. The number of hydrogen-bond donors (Lipinski definition) is 0. The minimum Gasteiger partial charge on any atom is -1.00 e. The Morgan fingerprint density at radius 2 is 1.31 bits per heavy atom. The van der Waals surface area contributed by atoms with Crippen LogP contribution in [0.25, 0.3) is 5.57 Å². The van der Waals surface area contributed by atoms with E-state index in [1.54, 1.807) is 23.2 Å². The van der Waals surface area contributed by atoms with Crippen molar-refractivity contribution in [1.29, 1.82) is 0 Å². The molecular weight excluding hydrogens is 980 g/mol. The maximum Gasteiger partial charge on any atom is -1.00 e. The van der Waals surface area contributed by atoms with E-state index in [9.17, 15) is 0 Å². The zero-order valence-corrected chi connectivity index (χ0v) is 40.0. The molecule has 5 heteroatoms. The molecule has 3 atom stereocenters. The van der Waals surface area contributed by atoms with Crippen LogP contribution >= 0.6 is 45.2 Å². The number of fused-ring (bicyclic) bond motifs is 6. The van der Waals surface area contributed by atoms with Crippen LogP contribution in [-0.4, -0.2) is 3.21 Å². The van der Waals surface area contributed by atoms with E-state index in [0.29, 0.717) is 5.92 Å². The van der Waals surface area contributed by atoms with Gasteiger partial charge in [0, 0.05) is 0 Å². The number of allylic oxidation sites excluding steroid dienone is 10. The van der Waals surface area contributed by atoms with Crippen molar-refractivity contribution in [2.75, 3.05) is 0 Å². The van der Waals surface area contributed by atoms with E-state index in [2.05, 4.69) is 204 Å². The summed E-state index contributed by atoms with van der Waals surface area (Å²) in [5.41, 5.74) is 12.7. The Kier molecular flexibility index (Phi) is 11.2. The Balaban J connectivity index is 0.00000232. The van der Waals surface area contributed by atoms with Crippen molar-refractivity contribution in [3.05, 3.63) is 153 Å². The van der Waals surface area contributed by atoms with Gasteiger partial charge in [0.1, 0.15) is 0 Å². The molecule has 5 aliphatic rings. The van der Waals surface area contributed by atoms with Crippen LogP contribution in [0.5, 0.6) is 0 Å².